The second kappa shape index (κ2) is 12.9. The number of carbonyl (C=O) groups is 2. The lowest BCUT2D eigenvalue weighted by Gasteiger charge is -2.33. The molecule has 0 saturated heterocycles. The molecule has 8 nitrogen and oxygen atoms in total. The smallest absolute Gasteiger partial charge is 0.304 e. The number of nitrogens with zero attached hydrogens (tertiary/aromatic N) is 3. The SMILES string of the molecule is CCCCNC(=O)C(C)N(Cc1ccccc1Cl)C(=O)CN(c1ccccc1F)S(=O)(=O)N(C)C. The third kappa shape index (κ3) is 7.39. The summed E-state index contributed by atoms with van der Waals surface area (Å²) in [6.45, 7) is 3.26. The summed E-state index contributed by atoms with van der Waals surface area (Å²) < 4.78 is 42.3. The van der Waals surface area contributed by atoms with E-state index in [2.05, 4.69) is 5.32 Å². The Balaban J connectivity index is 2.44. The maximum atomic E-state index is 14.6. The average molecular weight is 527 g/mol. The Morgan fingerprint density at radius 1 is 1.09 bits per heavy atom. The number of carbonyl (C=O) groups excluding carboxylic acids is 2. The number of unbranched alkanes of at least 4 members (excludes halogenated alkanes) is 1. The highest BCUT2D eigenvalue weighted by Gasteiger charge is 2.33. The first kappa shape index (κ1) is 28.5. The maximum Gasteiger partial charge on any atom is 0.304 e. The zero-order valence-electron chi connectivity index (χ0n) is 20.4. The second-order valence-electron chi connectivity index (χ2n) is 8.18. The lowest BCUT2D eigenvalue weighted by atomic mass is 10.1. The standard InChI is InChI=1S/C24H32ClFN4O4S/c1-5-6-15-27-24(32)18(2)29(16-19-11-7-8-12-20(19)25)23(31)17-30(35(33,34)28(3)4)22-14-10-9-13-21(22)26/h7-14,18H,5-6,15-17H2,1-4H3,(H,27,32). The summed E-state index contributed by atoms with van der Waals surface area (Å²) in [7, 11) is -1.65. The average Bonchev–Trinajstić information content (AvgIpc) is 2.82. The van der Waals surface area contributed by atoms with Crippen LogP contribution in [0.15, 0.2) is 48.5 Å². The molecule has 11 heteroatoms. The summed E-state index contributed by atoms with van der Waals surface area (Å²) in [6.07, 6.45) is 1.66. The number of hydrogen-bond donors (Lipinski definition) is 1. The summed E-state index contributed by atoms with van der Waals surface area (Å²) in [5.74, 6) is -1.86. The summed E-state index contributed by atoms with van der Waals surface area (Å²) in [4.78, 5) is 27.6. The normalized spacial score (nSPS) is 12.3. The van der Waals surface area contributed by atoms with Crippen LogP contribution in [0.25, 0.3) is 0 Å². The van der Waals surface area contributed by atoms with E-state index in [1.165, 1.54) is 37.2 Å². The molecule has 2 aromatic rings. The monoisotopic (exact) mass is 526 g/mol. The largest absolute Gasteiger partial charge is 0.354 e. The van der Waals surface area contributed by atoms with Crippen molar-refractivity contribution in [2.75, 3.05) is 31.5 Å². The highest BCUT2D eigenvalue weighted by Crippen LogP contribution is 2.24. The lowest BCUT2D eigenvalue weighted by Crippen LogP contribution is -2.52. The van der Waals surface area contributed by atoms with Gasteiger partial charge in [0.15, 0.2) is 0 Å². The van der Waals surface area contributed by atoms with Crippen molar-refractivity contribution in [2.45, 2.75) is 39.3 Å². The Labute approximate surface area is 211 Å². The van der Waals surface area contributed by atoms with E-state index < -0.39 is 34.5 Å². The first-order valence-electron chi connectivity index (χ1n) is 11.3. The zero-order valence-corrected chi connectivity index (χ0v) is 21.9. The number of nitrogens with one attached hydrogen (secondary N) is 1. The van der Waals surface area contributed by atoms with E-state index in [1.54, 1.807) is 31.2 Å². The minimum Gasteiger partial charge on any atom is -0.354 e. The lowest BCUT2D eigenvalue weighted by molar-refractivity contribution is -0.139. The van der Waals surface area contributed by atoms with Gasteiger partial charge in [-0.1, -0.05) is 55.3 Å². The van der Waals surface area contributed by atoms with Crippen LogP contribution in [-0.4, -0.2) is 62.7 Å². The molecular weight excluding hydrogens is 495 g/mol. The molecule has 1 atom stereocenters. The quantitative estimate of drug-likeness (QED) is 0.429. The molecule has 0 spiro atoms. The molecule has 1 unspecified atom stereocenters. The number of hydrogen-bond acceptors (Lipinski definition) is 4. The van der Waals surface area contributed by atoms with Crippen LogP contribution in [0, 0.1) is 5.82 Å². The van der Waals surface area contributed by atoms with Gasteiger partial charge in [0.05, 0.1) is 5.69 Å². The van der Waals surface area contributed by atoms with Gasteiger partial charge in [0.25, 0.3) is 0 Å². The molecule has 0 fully saturated rings. The molecule has 0 heterocycles. The highest BCUT2D eigenvalue weighted by molar-refractivity contribution is 7.90. The fourth-order valence-electron chi connectivity index (χ4n) is 3.28. The van der Waals surface area contributed by atoms with E-state index in [0.717, 1.165) is 23.2 Å². The van der Waals surface area contributed by atoms with Gasteiger partial charge in [-0.25, -0.2) is 8.70 Å². The van der Waals surface area contributed by atoms with Gasteiger partial charge in [0.2, 0.25) is 11.8 Å². The van der Waals surface area contributed by atoms with Crippen molar-refractivity contribution in [3.05, 3.63) is 64.9 Å². The van der Waals surface area contributed by atoms with E-state index in [1.807, 2.05) is 6.92 Å². The summed E-state index contributed by atoms with van der Waals surface area (Å²) in [6, 6.07) is 11.2. The summed E-state index contributed by atoms with van der Waals surface area (Å²) >= 11 is 6.30. The first-order valence-corrected chi connectivity index (χ1v) is 13.0. The third-order valence-electron chi connectivity index (χ3n) is 5.44. The molecule has 0 aromatic heterocycles. The third-order valence-corrected chi connectivity index (χ3v) is 7.61. The number of rotatable bonds is 12. The number of halogens is 2. The van der Waals surface area contributed by atoms with Crippen molar-refractivity contribution >= 4 is 39.3 Å². The van der Waals surface area contributed by atoms with E-state index in [9.17, 15) is 22.4 Å². The van der Waals surface area contributed by atoms with Crippen molar-refractivity contribution in [1.29, 1.82) is 0 Å². The summed E-state index contributed by atoms with van der Waals surface area (Å²) in [5.41, 5.74) is 0.316. The molecule has 2 aromatic carbocycles. The van der Waals surface area contributed by atoms with Gasteiger partial charge in [-0.3, -0.25) is 9.59 Å². The molecule has 2 rings (SSSR count). The molecule has 0 aliphatic rings. The summed E-state index contributed by atoms with van der Waals surface area (Å²) in [5, 5.41) is 3.19. The molecular formula is C24H32ClFN4O4S. The van der Waals surface area contributed by atoms with Gasteiger partial charge in [0, 0.05) is 32.2 Å². The Morgan fingerprint density at radius 2 is 1.71 bits per heavy atom. The molecule has 1 N–H and O–H groups in total. The van der Waals surface area contributed by atoms with Crippen LogP contribution in [0.2, 0.25) is 5.02 Å². The van der Waals surface area contributed by atoms with Crippen LogP contribution in [0.1, 0.15) is 32.3 Å². The van der Waals surface area contributed by atoms with Crippen molar-refractivity contribution in [3.63, 3.8) is 0 Å². The molecule has 192 valence electrons. The van der Waals surface area contributed by atoms with Crippen LogP contribution in [0.4, 0.5) is 10.1 Å². The van der Waals surface area contributed by atoms with Crippen LogP contribution in [0.3, 0.4) is 0 Å². The number of para-hydroxylation sites is 1. The van der Waals surface area contributed by atoms with Crippen molar-refractivity contribution in [2.24, 2.45) is 0 Å². The van der Waals surface area contributed by atoms with Gasteiger partial charge >= 0.3 is 10.2 Å². The minimum absolute atomic E-state index is 0.0337. The van der Waals surface area contributed by atoms with E-state index in [-0.39, 0.29) is 18.1 Å². The van der Waals surface area contributed by atoms with Crippen LogP contribution >= 0.6 is 11.6 Å². The fraction of sp³-hybridized carbons (Fsp3) is 0.417. The van der Waals surface area contributed by atoms with Gasteiger partial charge in [-0.05, 0) is 37.1 Å². The zero-order chi connectivity index (χ0) is 26.2. The van der Waals surface area contributed by atoms with Crippen molar-refractivity contribution < 1.29 is 22.4 Å². The van der Waals surface area contributed by atoms with Crippen molar-refractivity contribution in [3.8, 4) is 0 Å². The van der Waals surface area contributed by atoms with Gasteiger partial charge in [-0.2, -0.15) is 12.7 Å². The topological polar surface area (TPSA) is 90.0 Å². The number of anilines is 1. The number of benzene rings is 2. The minimum atomic E-state index is -4.24. The Bertz CT molecular complexity index is 1130. The molecule has 0 radical (unpaired) electrons. The molecule has 0 aliphatic heterocycles. The van der Waals surface area contributed by atoms with Crippen LogP contribution < -0.4 is 9.62 Å². The predicted octanol–water partition coefficient (Wildman–Crippen LogP) is 3.43. The van der Waals surface area contributed by atoms with Gasteiger partial charge < -0.3 is 10.2 Å². The molecule has 0 saturated carbocycles. The van der Waals surface area contributed by atoms with E-state index in [0.29, 0.717) is 21.4 Å². The Kier molecular flexibility index (Phi) is 10.5. The molecule has 2 amide bonds. The second-order valence-corrected chi connectivity index (χ2v) is 10.7. The Morgan fingerprint density at radius 3 is 2.31 bits per heavy atom. The van der Waals surface area contributed by atoms with E-state index in [4.69, 9.17) is 11.6 Å². The van der Waals surface area contributed by atoms with Crippen LogP contribution in [0.5, 0.6) is 0 Å². The fourth-order valence-corrected chi connectivity index (χ4v) is 4.54. The molecule has 0 bridgehead atoms. The van der Waals surface area contributed by atoms with Crippen LogP contribution in [-0.2, 0) is 26.3 Å². The van der Waals surface area contributed by atoms with E-state index >= 15 is 0 Å². The van der Waals surface area contributed by atoms with Crippen molar-refractivity contribution in [1.82, 2.24) is 14.5 Å². The highest BCUT2D eigenvalue weighted by atomic mass is 35.5. The van der Waals surface area contributed by atoms with Gasteiger partial charge in [0.1, 0.15) is 18.4 Å². The molecule has 35 heavy (non-hydrogen) atoms. The first-order chi connectivity index (χ1) is 16.5. The van der Waals surface area contributed by atoms with Gasteiger partial charge in [-0.15, -0.1) is 0 Å². The Hall–Kier alpha value is -2.69. The molecule has 0 aliphatic carbocycles. The predicted molar refractivity (Wildman–Crippen MR) is 136 cm³/mol. The maximum absolute atomic E-state index is 14.6. The number of amides is 2.